The fraction of sp³-hybridized carbons (Fsp3) is 0.273. The minimum Gasteiger partial charge on any atom is -0.380 e. The van der Waals surface area contributed by atoms with Gasteiger partial charge in [0.1, 0.15) is 5.60 Å². The van der Waals surface area contributed by atoms with E-state index >= 15 is 0 Å². The molecule has 0 radical (unpaired) electrons. The van der Waals surface area contributed by atoms with Gasteiger partial charge in [-0.2, -0.15) is 0 Å². The van der Waals surface area contributed by atoms with Crippen LogP contribution in [0.15, 0.2) is 22.9 Å². The van der Waals surface area contributed by atoms with Gasteiger partial charge in [-0.3, -0.25) is 0 Å². The van der Waals surface area contributed by atoms with Crippen LogP contribution in [-0.2, 0) is 5.60 Å². The molecule has 0 saturated carbocycles. The monoisotopic (exact) mass is 222 g/mol. The number of rotatable bonds is 1. The maximum absolute atomic E-state index is 10.6. The Kier molecular flexibility index (Phi) is 1.66. The maximum atomic E-state index is 10.6. The Morgan fingerprint density at radius 1 is 1.14 bits per heavy atom. The van der Waals surface area contributed by atoms with Crippen molar-refractivity contribution in [3.05, 3.63) is 34.0 Å². The van der Waals surface area contributed by atoms with Crippen molar-refractivity contribution in [2.24, 2.45) is 0 Å². The van der Waals surface area contributed by atoms with Crippen molar-refractivity contribution in [1.29, 1.82) is 0 Å². The number of fused-ring (bicyclic) bond motifs is 3. The summed E-state index contributed by atoms with van der Waals surface area (Å²) >= 11 is 3.45. The number of hydrogen-bond acceptors (Lipinski definition) is 3. The van der Waals surface area contributed by atoms with Crippen LogP contribution in [0, 0.1) is 0 Å². The standard InChI is InChI=1S/C11H10OS2/c1-2-11(12)7-3-5-13-9(7)10-8(11)4-6-14-10/h3-6,12H,2H2,1H3. The van der Waals surface area contributed by atoms with E-state index in [1.807, 2.05) is 6.92 Å². The molecule has 2 heterocycles. The normalized spacial score (nSPS) is 16.7. The summed E-state index contributed by atoms with van der Waals surface area (Å²) in [5, 5.41) is 14.7. The fourth-order valence-electron chi connectivity index (χ4n) is 2.15. The van der Waals surface area contributed by atoms with Crippen molar-refractivity contribution in [3.8, 4) is 9.75 Å². The molecule has 0 spiro atoms. The second kappa shape index (κ2) is 2.69. The van der Waals surface area contributed by atoms with E-state index in [2.05, 4.69) is 22.9 Å². The molecule has 14 heavy (non-hydrogen) atoms. The lowest BCUT2D eigenvalue weighted by atomic mass is 9.91. The molecule has 1 aliphatic carbocycles. The molecule has 0 aromatic carbocycles. The molecule has 0 saturated heterocycles. The molecular weight excluding hydrogens is 212 g/mol. The SMILES string of the molecule is CCC1(O)c2ccsc2-c2sccc21. The summed E-state index contributed by atoms with van der Waals surface area (Å²) in [6.07, 6.45) is 0.750. The first-order valence-electron chi connectivity index (χ1n) is 4.66. The topological polar surface area (TPSA) is 20.2 Å². The van der Waals surface area contributed by atoms with Crippen LogP contribution < -0.4 is 0 Å². The van der Waals surface area contributed by atoms with E-state index in [4.69, 9.17) is 0 Å². The van der Waals surface area contributed by atoms with Crippen LogP contribution in [0.4, 0.5) is 0 Å². The van der Waals surface area contributed by atoms with Gasteiger partial charge in [-0.15, -0.1) is 22.7 Å². The van der Waals surface area contributed by atoms with Crippen molar-refractivity contribution >= 4 is 22.7 Å². The van der Waals surface area contributed by atoms with Gasteiger partial charge in [0.25, 0.3) is 0 Å². The van der Waals surface area contributed by atoms with Gasteiger partial charge in [0.05, 0.1) is 9.75 Å². The number of aliphatic hydroxyl groups is 1. The van der Waals surface area contributed by atoms with Crippen LogP contribution in [0.1, 0.15) is 24.5 Å². The third kappa shape index (κ3) is 0.829. The average molecular weight is 222 g/mol. The summed E-state index contributed by atoms with van der Waals surface area (Å²) in [5.41, 5.74) is 1.49. The van der Waals surface area contributed by atoms with Crippen LogP contribution in [0.2, 0.25) is 0 Å². The van der Waals surface area contributed by atoms with E-state index in [1.165, 1.54) is 9.75 Å². The van der Waals surface area contributed by atoms with Crippen molar-refractivity contribution in [2.75, 3.05) is 0 Å². The van der Waals surface area contributed by atoms with Crippen molar-refractivity contribution in [1.82, 2.24) is 0 Å². The molecular formula is C11H10OS2. The molecule has 0 fully saturated rings. The highest BCUT2D eigenvalue weighted by Crippen LogP contribution is 2.53. The Balaban J connectivity index is 2.38. The molecule has 0 bridgehead atoms. The second-order valence-corrected chi connectivity index (χ2v) is 5.37. The average Bonchev–Trinajstić information content (AvgIpc) is 2.85. The van der Waals surface area contributed by atoms with Crippen LogP contribution in [0.25, 0.3) is 9.75 Å². The number of hydrogen-bond donors (Lipinski definition) is 1. The van der Waals surface area contributed by atoms with Crippen LogP contribution >= 0.6 is 22.7 Å². The van der Waals surface area contributed by atoms with E-state index in [1.54, 1.807) is 22.7 Å². The summed E-state index contributed by atoms with van der Waals surface area (Å²) in [4.78, 5) is 2.53. The van der Waals surface area contributed by atoms with E-state index in [-0.39, 0.29) is 0 Å². The van der Waals surface area contributed by atoms with Gasteiger partial charge in [0, 0.05) is 11.1 Å². The molecule has 3 rings (SSSR count). The predicted molar refractivity (Wildman–Crippen MR) is 60.9 cm³/mol. The van der Waals surface area contributed by atoms with Gasteiger partial charge in [-0.05, 0) is 29.3 Å². The minimum absolute atomic E-state index is 0.718. The molecule has 2 aromatic heterocycles. The summed E-state index contributed by atoms with van der Waals surface area (Å²) < 4.78 is 0. The second-order valence-electron chi connectivity index (χ2n) is 3.54. The zero-order chi connectivity index (χ0) is 9.76. The summed E-state index contributed by atoms with van der Waals surface area (Å²) in [7, 11) is 0. The van der Waals surface area contributed by atoms with Crippen molar-refractivity contribution in [2.45, 2.75) is 18.9 Å². The highest BCUT2D eigenvalue weighted by atomic mass is 32.1. The minimum atomic E-state index is -0.718. The Morgan fingerprint density at radius 3 is 2.07 bits per heavy atom. The largest absolute Gasteiger partial charge is 0.380 e. The Bertz CT molecular complexity index is 441. The van der Waals surface area contributed by atoms with Crippen LogP contribution in [-0.4, -0.2) is 5.11 Å². The van der Waals surface area contributed by atoms with Crippen molar-refractivity contribution in [3.63, 3.8) is 0 Å². The van der Waals surface area contributed by atoms with Gasteiger partial charge in [-0.1, -0.05) is 6.92 Å². The third-order valence-corrected chi connectivity index (χ3v) is 4.93. The lowest BCUT2D eigenvalue weighted by Crippen LogP contribution is -2.22. The number of thiophene rings is 2. The van der Waals surface area contributed by atoms with Crippen molar-refractivity contribution < 1.29 is 5.11 Å². The van der Waals surface area contributed by atoms with Gasteiger partial charge in [-0.25, -0.2) is 0 Å². The highest BCUT2D eigenvalue weighted by Gasteiger charge is 2.41. The molecule has 2 aromatic rings. The molecule has 1 N–H and O–H groups in total. The summed E-state index contributed by atoms with van der Waals surface area (Å²) in [6.45, 7) is 2.04. The highest BCUT2D eigenvalue weighted by molar-refractivity contribution is 7.20. The Labute approximate surface area is 90.7 Å². The molecule has 3 heteroatoms. The summed E-state index contributed by atoms with van der Waals surface area (Å²) in [5.74, 6) is 0. The first-order chi connectivity index (χ1) is 6.77. The lowest BCUT2D eigenvalue weighted by Gasteiger charge is -2.21. The predicted octanol–water partition coefficient (Wildman–Crippen LogP) is 3.44. The molecule has 1 nitrogen and oxygen atoms in total. The Hall–Kier alpha value is -0.640. The maximum Gasteiger partial charge on any atom is 0.117 e. The summed E-state index contributed by atoms with van der Waals surface area (Å²) in [6, 6.07) is 4.10. The van der Waals surface area contributed by atoms with E-state index in [9.17, 15) is 5.11 Å². The van der Waals surface area contributed by atoms with E-state index < -0.39 is 5.60 Å². The van der Waals surface area contributed by atoms with Gasteiger partial charge >= 0.3 is 0 Å². The third-order valence-electron chi connectivity index (χ3n) is 2.94. The van der Waals surface area contributed by atoms with Crippen LogP contribution in [0.3, 0.4) is 0 Å². The smallest absolute Gasteiger partial charge is 0.117 e. The molecule has 0 unspecified atom stereocenters. The van der Waals surface area contributed by atoms with Gasteiger partial charge in [0.15, 0.2) is 0 Å². The molecule has 72 valence electrons. The Morgan fingerprint density at radius 2 is 1.64 bits per heavy atom. The first kappa shape index (κ1) is 8.65. The lowest BCUT2D eigenvalue weighted by molar-refractivity contribution is 0.0819. The van der Waals surface area contributed by atoms with Gasteiger partial charge < -0.3 is 5.11 Å². The quantitative estimate of drug-likeness (QED) is 0.783. The van der Waals surface area contributed by atoms with E-state index in [0.29, 0.717) is 0 Å². The van der Waals surface area contributed by atoms with E-state index in [0.717, 1.165) is 17.5 Å². The van der Waals surface area contributed by atoms with Crippen LogP contribution in [0.5, 0.6) is 0 Å². The zero-order valence-electron chi connectivity index (χ0n) is 7.78. The molecule has 0 aliphatic heterocycles. The molecule has 0 atom stereocenters. The molecule has 0 amide bonds. The zero-order valence-corrected chi connectivity index (χ0v) is 9.41. The molecule has 1 aliphatic rings. The first-order valence-corrected chi connectivity index (χ1v) is 6.42. The fourth-order valence-corrected chi connectivity index (χ4v) is 4.28. The van der Waals surface area contributed by atoms with Gasteiger partial charge in [0.2, 0.25) is 0 Å².